The Bertz CT molecular complexity index is 2070. The quantitative estimate of drug-likeness (QED) is 0.160. The number of imidazole rings is 1. The number of fused-ring (bicyclic) bond motifs is 1. The van der Waals surface area contributed by atoms with E-state index < -0.39 is 24.2 Å². The number of rotatable bonds is 12. The van der Waals surface area contributed by atoms with E-state index in [9.17, 15) is 18.7 Å². The van der Waals surface area contributed by atoms with Gasteiger partial charge in [0.15, 0.2) is 0 Å². The average Bonchev–Trinajstić information content (AvgIpc) is 3.70. The zero-order valence-corrected chi connectivity index (χ0v) is 24.6. The molecular weight excluding hydrogens is 622 g/mol. The molecule has 0 aliphatic carbocycles. The van der Waals surface area contributed by atoms with Crippen molar-refractivity contribution in [2.24, 2.45) is 0 Å². The van der Waals surface area contributed by atoms with E-state index in [4.69, 9.17) is 9.47 Å². The van der Waals surface area contributed by atoms with Crippen LogP contribution in [0.15, 0.2) is 73.3 Å². The molecule has 4 heterocycles. The number of aromatic nitrogens is 7. The van der Waals surface area contributed by atoms with Gasteiger partial charge in [0.2, 0.25) is 5.88 Å². The van der Waals surface area contributed by atoms with Crippen molar-refractivity contribution in [3.63, 3.8) is 0 Å². The minimum atomic E-state index is -2.77. The maximum atomic E-state index is 15.5. The summed E-state index contributed by atoms with van der Waals surface area (Å²) < 4.78 is 69.6. The standard InChI is InChI=1S/C32H25F4N7O4/c1-46-8-7-42-28-10-18(31(44)45)5-6-26(28)40-29(42)11-19-9-24(34)22(12-23(19)33)25-3-2-4-30(41-25)47-17-21-14-38-27(15-37-21)20-13-39-43(16-20)32(35)36/h2-6,9-10,12-16,32H,7-8,11,17H2,1H3,(H,44,45). The number of hydrogen-bond acceptors (Lipinski definition) is 8. The van der Waals surface area contributed by atoms with Gasteiger partial charge in [0.25, 0.3) is 0 Å². The van der Waals surface area contributed by atoms with Crippen LogP contribution in [0, 0.1) is 11.6 Å². The molecule has 0 fully saturated rings. The van der Waals surface area contributed by atoms with Crippen LogP contribution in [0.1, 0.15) is 34.0 Å². The first-order valence-electron chi connectivity index (χ1n) is 14.1. The van der Waals surface area contributed by atoms with Gasteiger partial charge in [-0.1, -0.05) is 6.07 Å². The topological polar surface area (TPSA) is 130 Å². The van der Waals surface area contributed by atoms with Crippen molar-refractivity contribution in [3.8, 4) is 28.4 Å². The third kappa shape index (κ3) is 6.79. The molecular formula is C32H25F4N7O4. The molecule has 1 N–H and O–H groups in total. The molecule has 6 aromatic rings. The number of carboxylic acid groups (broad SMARTS) is 1. The zero-order valence-electron chi connectivity index (χ0n) is 24.6. The van der Waals surface area contributed by atoms with Crippen molar-refractivity contribution in [2.45, 2.75) is 26.1 Å². The predicted molar refractivity (Wildman–Crippen MR) is 160 cm³/mol. The fourth-order valence-electron chi connectivity index (χ4n) is 4.91. The number of carboxylic acids is 1. The smallest absolute Gasteiger partial charge is 0.335 e. The van der Waals surface area contributed by atoms with Crippen LogP contribution in [-0.2, 0) is 24.3 Å². The Balaban J connectivity index is 1.18. The van der Waals surface area contributed by atoms with Crippen LogP contribution in [0.3, 0.4) is 0 Å². The first-order valence-corrected chi connectivity index (χ1v) is 14.1. The van der Waals surface area contributed by atoms with Crippen molar-refractivity contribution in [1.29, 1.82) is 0 Å². The second-order valence-electron chi connectivity index (χ2n) is 10.3. The fraction of sp³-hybridized carbons (Fsp3) is 0.188. The third-order valence-corrected chi connectivity index (χ3v) is 7.25. The number of aromatic carboxylic acids is 1. The highest BCUT2D eigenvalue weighted by Crippen LogP contribution is 2.28. The van der Waals surface area contributed by atoms with E-state index >= 15 is 8.78 Å². The van der Waals surface area contributed by atoms with Crippen LogP contribution in [0.25, 0.3) is 33.5 Å². The highest BCUT2D eigenvalue weighted by molar-refractivity contribution is 5.92. The van der Waals surface area contributed by atoms with Crippen LogP contribution in [0.5, 0.6) is 5.88 Å². The second kappa shape index (κ2) is 13.3. The van der Waals surface area contributed by atoms with Gasteiger partial charge in [0.1, 0.15) is 24.1 Å². The molecule has 15 heteroatoms. The first-order chi connectivity index (χ1) is 22.7. The minimum Gasteiger partial charge on any atom is -0.478 e. The fourth-order valence-corrected chi connectivity index (χ4v) is 4.91. The molecule has 0 atom stereocenters. The number of nitrogens with zero attached hydrogens (tertiary/aromatic N) is 7. The molecule has 0 unspecified atom stereocenters. The van der Waals surface area contributed by atoms with Gasteiger partial charge in [0, 0.05) is 43.5 Å². The minimum absolute atomic E-state index is 0.0478. The van der Waals surface area contributed by atoms with Crippen molar-refractivity contribution in [2.75, 3.05) is 13.7 Å². The summed E-state index contributed by atoms with van der Waals surface area (Å²) in [5, 5.41) is 13.0. The summed E-state index contributed by atoms with van der Waals surface area (Å²) >= 11 is 0. The molecule has 0 amide bonds. The summed E-state index contributed by atoms with van der Waals surface area (Å²) in [6, 6.07) is 11.3. The van der Waals surface area contributed by atoms with Crippen molar-refractivity contribution < 1.29 is 36.9 Å². The van der Waals surface area contributed by atoms with Crippen molar-refractivity contribution in [3.05, 3.63) is 108 Å². The van der Waals surface area contributed by atoms with E-state index in [-0.39, 0.29) is 41.3 Å². The Labute approximate surface area is 264 Å². The predicted octanol–water partition coefficient (Wildman–Crippen LogP) is 5.94. The number of alkyl halides is 2. The van der Waals surface area contributed by atoms with Crippen LogP contribution >= 0.6 is 0 Å². The molecule has 4 aromatic heterocycles. The van der Waals surface area contributed by atoms with E-state index in [0.29, 0.717) is 51.6 Å². The SMILES string of the molecule is COCCn1c(Cc2cc(F)c(-c3cccc(OCc4cnc(-c5cnn(C(F)F)c5)cn4)n3)cc2F)nc2ccc(C(=O)O)cc21. The highest BCUT2D eigenvalue weighted by Gasteiger charge is 2.19. The van der Waals surface area contributed by atoms with Gasteiger partial charge < -0.3 is 19.1 Å². The number of ether oxygens (including phenoxy) is 2. The summed E-state index contributed by atoms with van der Waals surface area (Å²) in [4.78, 5) is 28.8. The van der Waals surface area contributed by atoms with E-state index in [1.807, 2.05) is 0 Å². The van der Waals surface area contributed by atoms with Crippen LogP contribution in [0.4, 0.5) is 17.6 Å². The first kappa shape index (κ1) is 31.3. The van der Waals surface area contributed by atoms with E-state index in [2.05, 4.69) is 25.0 Å². The maximum Gasteiger partial charge on any atom is 0.335 e. The number of carbonyl (C=O) groups is 1. The van der Waals surface area contributed by atoms with E-state index in [1.165, 1.54) is 43.9 Å². The summed E-state index contributed by atoms with van der Waals surface area (Å²) in [5.41, 5.74) is 2.38. The normalized spacial score (nSPS) is 11.4. The highest BCUT2D eigenvalue weighted by atomic mass is 19.3. The molecule has 240 valence electrons. The molecule has 2 aromatic carbocycles. The zero-order chi connectivity index (χ0) is 33.1. The summed E-state index contributed by atoms with van der Waals surface area (Å²) in [7, 11) is 1.52. The molecule has 0 saturated heterocycles. The molecule has 47 heavy (non-hydrogen) atoms. The van der Waals surface area contributed by atoms with Crippen LogP contribution < -0.4 is 4.74 Å². The molecule has 0 aliphatic rings. The molecule has 0 spiro atoms. The van der Waals surface area contributed by atoms with Gasteiger partial charge in [-0.25, -0.2) is 28.2 Å². The second-order valence-corrected chi connectivity index (χ2v) is 10.3. The van der Waals surface area contributed by atoms with Crippen LogP contribution in [0.2, 0.25) is 0 Å². The number of methoxy groups -OCH3 is 1. The maximum absolute atomic E-state index is 15.5. The van der Waals surface area contributed by atoms with Gasteiger partial charge in [-0.2, -0.15) is 13.9 Å². The van der Waals surface area contributed by atoms with Crippen LogP contribution in [-0.4, -0.2) is 59.1 Å². The lowest BCUT2D eigenvalue weighted by atomic mass is 10.0. The van der Waals surface area contributed by atoms with Crippen molar-refractivity contribution >= 4 is 17.0 Å². The van der Waals surface area contributed by atoms with Crippen molar-refractivity contribution in [1.82, 2.24) is 34.3 Å². The lowest BCUT2D eigenvalue weighted by Gasteiger charge is -2.12. The van der Waals surface area contributed by atoms with E-state index in [0.717, 1.165) is 18.3 Å². The number of halogens is 4. The van der Waals surface area contributed by atoms with Gasteiger partial charge in [0.05, 0.1) is 58.9 Å². The summed E-state index contributed by atoms with van der Waals surface area (Å²) in [5.74, 6) is -1.94. The van der Waals surface area contributed by atoms with Gasteiger partial charge in [-0.15, -0.1) is 0 Å². The largest absolute Gasteiger partial charge is 0.478 e. The molecule has 6 rings (SSSR count). The Morgan fingerprint density at radius 1 is 0.979 bits per heavy atom. The molecule has 0 radical (unpaired) electrons. The average molecular weight is 648 g/mol. The Morgan fingerprint density at radius 2 is 1.83 bits per heavy atom. The summed E-state index contributed by atoms with van der Waals surface area (Å²) in [6.45, 7) is -2.19. The Morgan fingerprint density at radius 3 is 2.55 bits per heavy atom. The Kier molecular flexibility index (Phi) is 8.88. The lowest BCUT2D eigenvalue weighted by Crippen LogP contribution is -2.10. The third-order valence-electron chi connectivity index (χ3n) is 7.25. The molecule has 0 aliphatic heterocycles. The van der Waals surface area contributed by atoms with Gasteiger partial charge >= 0.3 is 12.5 Å². The number of benzene rings is 2. The van der Waals surface area contributed by atoms with Gasteiger partial charge in [-0.05, 0) is 42.0 Å². The monoisotopic (exact) mass is 647 g/mol. The molecule has 0 bridgehead atoms. The van der Waals surface area contributed by atoms with Gasteiger partial charge in [-0.3, -0.25) is 9.97 Å². The lowest BCUT2D eigenvalue weighted by molar-refractivity contribution is 0.0566. The number of hydrogen-bond donors (Lipinski definition) is 1. The molecule has 11 nitrogen and oxygen atoms in total. The Hall–Kier alpha value is -5.70. The summed E-state index contributed by atoms with van der Waals surface area (Å²) in [6.07, 6.45) is 5.17. The van der Waals surface area contributed by atoms with E-state index in [1.54, 1.807) is 22.8 Å². The molecule has 0 saturated carbocycles. The number of pyridine rings is 1.